The van der Waals surface area contributed by atoms with Gasteiger partial charge in [0.15, 0.2) is 0 Å². The first-order chi connectivity index (χ1) is 5.11. The van der Waals surface area contributed by atoms with Crippen LogP contribution in [0.5, 0.6) is 0 Å². The standard InChI is InChI=1S/C9H10ClN/c1-6(2)8-5-11-9(10)4-7(8)3/h4-5H,1H2,2-3H3. The van der Waals surface area contributed by atoms with Gasteiger partial charge in [-0.05, 0) is 36.6 Å². The number of aromatic nitrogens is 1. The normalized spacial score (nSPS) is 9.73. The van der Waals surface area contributed by atoms with Crippen molar-refractivity contribution in [1.82, 2.24) is 4.98 Å². The van der Waals surface area contributed by atoms with Gasteiger partial charge in [0, 0.05) is 6.20 Å². The monoisotopic (exact) mass is 167 g/mol. The van der Waals surface area contributed by atoms with Gasteiger partial charge in [0.1, 0.15) is 5.15 Å². The predicted molar refractivity (Wildman–Crippen MR) is 48.7 cm³/mol. The van der Waals surface area contributed by atoms with E-state index in [1.165, 1.54) is 0 Å². The highest BCUT2D eigenvalue weighted by Gasteiger charge is 1.99. The third-order valence-electron chi connectivity index (χ3n) is 1.54. The van der Waals surface area contributed by atoms with Gasteiger partial charge in [0.05, 0.1) is 0 Å². The van der Waals surface area contributed by atoms with Crippen LogP contribution in [0.4, 0.5) is 0 Å². The molecule has 0 N–H and O–H groups in total. The Morgan fingerprint density at radius 1 is 1.64 bits per heavy atom. The first-order valence-corrected chi connectivity index (χ1v) is 3.77. The lowest BCUT2D eigenvalue weighted by Crippen LogP contribution is -1.86. The number of halogens is 1. The molecular weight excluding hydrogens is 158 g/mol. The maximum Gasteiger partial charge on any atom is 0.129 e. The van der Waals surface area contributed by atoms with Gasteiger partial charge < -0.3 is 0 Å². The SMILES string of the molecule is C=C(C)c1cnc(Cl)cc1C. The molecule has 0 radical (unpaired) electrons. The fourth-order valence-electron chi connectivity index (χ4n) is 0.968. The summed E-state index contributed by atoms with van der Waals surface area (Å²) in [6.07, 6.45) is 1.75. The molecule has 1 rings (SSSR count). The summed E-state index contributed by atoms with van der Waals surface area (Å²) in [5.74, 6) is 0. The van der Waals surface area contributed by atoms with Crippen LogP contribution in [0.2, 0.25) is 5.15 Å². The molecule has 0 unspecified atom stereocenters. The van der Waals surface area contributed by atoms with Crippen LogP contribution in [0.1, 0.15) is 18.1 Å². The smallest absolute Gasteiger partial charge is 0.129 e. The highest BCUT2D eigenvalue weighted by molar-refractivity contribution is 6.29. The Morgan fingerprint density at radius 3 is 2.73 bits per heavy atom. The molecule has 1 aromatic heterocycles. The molecule has 0 fully saturated rings. The Balaban J connectivity index is 3.20. The molecule has 0 saturated heterocycles. The average molecular weight is 168 g/mol. The van der Waals surface area contributed by atoms with Gasteiger partial charge >= 0.3 is 0 Å². The quantitative estimate of drug-likeness (QED) is 0.586. The number of rotatable bonds is 1. The van der Waals surface area contributed by atoms with Gasteiger partial charge in [-0.25, -0.2) is 4.98 Å². The van der Waals surface area contributed by atoms with Gasteiger partial charge in [0.25, 0.3) is 0 Å². The van der Waals surface area contributed by atoms with E-state index in [0.29, 0.717) is 5.15 Å². The summed E-state index contributed by atoms with van der Waals surface area (Å²) in [6, 6.07) is 1.84. The molecule has 0 aliphatic heterocycles. The topological polar surface area (TPSA) is 12.9 Å². The molecule has 0 saturated carbocycles. The molecular formula is C9H10ClN. The van der Waals surface area contributed by atoms with Crippen LogP contribution in [-0.4, -0.2) is 4.98 Å². The lowest BCUT2D eigenvalue weighted by atomic mass is 10.1. The van der Waals surface area contributed by atoms with Crippen LogP contribution < -0.4 is 0 Å². The second kappa shape index (κ2) is 3.05. The zero-order valence-electron chi connectivity index (χ0n) is 6.69. The first-order valence-electron chi connectivity index (χ1n) is 3.39. The molecule has 0 amide bonds. The number of allylic oxidation sites excluding steroid dienone is 1. The van der Waals surface area contributed by atoms with E-state index in [1.54, 1.807) is 6.20 Å². The highest BCUT2D eigenvalue weighted by Crippen LogP contribution is 2.17. The molecule has 0 aliphatic carbocycles. The number of nitrogens with zero attached hydrogens (tertiary/aromatic N) is 1. The Hall–Kier alpha value is -0.820. The van der Waals surface area contributed by atoms with E-state index in [2.05, 4.69) is 11.6 Å². The summed E-state index contributed by atoms with van der Waals surface area (Å²) in [6.45, 7) is 7.79. The van der Waals surface area contributed by atoms with E-state index in [0.717, 1.165) is 16.7 Å². The summed E-state index contributed by atoms with van der Waals surface area (Å²) >= 11 is 5.68. The second-order valence-corrected chi connectivity index (χ2v) is 2.99. The van der Waals surface area contributed by atoms with Crippen LogP contribution in [-0.2, 0) is 0 Å². The fourth-order valence-corrected chi connectivity index (χ4v) is 1.18. The average Bonchev–Trinajstić information content (AvgIpc) is 1.85. The highest BCUT2D eigenvalue weighted by atomic mass is 35.5. The number of aryl methyl sites for hydroxylation is 1. The third kappa shape index (κ3) is 1.81. The predicted octanol–water partition coefficient (Wildman–Crippen LogP) is 3.08. The molecule has 0 atom stereocenters. The van der Waals surface area contributed by atoms with Crippen LogP contribution >= 0.6 is 11.6 Å². The van der Waals surface area contributed by atoms with Crippen molar-refractivity contribution in [1.29, 1.82) is 0 Å². The van der Waals surface area contributed by atoms with Gasteiger partial charge in [-0.2, -0.15) is 0 Å². The fraction of sp³-hybridized carbons (Fsp3) is 0.222. The van der Waals surface area contributed by atoms with E-state index >= 15 is 0 Å². The molecule has 0 aromatic carbocycles. The zero-order chi connectivity index (χ0) is 8.43. The van der Waals surface area contributed by atoms with Gasteiger partial charge in [-0.3, -0.25) is 0 Å². The van der Waals surface area contributed by atoms with E-state index in [-0.39, 0.29) is 0 Å². The summed E-state index contributed by atoms with van der Waals surface area (Å²) in [4.78, 5) is 3.97. The van der Waals surface area contributed by atoms with Crippen LogP contribution in [0.25, 0.3) is 5.57 Å². The van der Waals surface area contributed by atoms with Crippen molar-refractivity contribution in [3.8, 4) is 0 Å². The Morgan fingerprint density at radius 2 is 2.27 bits per heavy atom. The summed E-state index contributed by atoms with van der Waals surface area (Å²) in [7, 11) is 0. The lowest BCUT2D eigenvalue weighted by Gasteiger charge is -2.03. The molecule has 11 heavy (non-hydrogen) atoms. The first kappa shape index (κ1) is 8.28. The van der Waals surface area contributed by atoms with Crippen molar-refractivity contribution < 1.29 is 0 Å². The Labute approximate surface area is 71.7 Å². The molecule has 1 aromatic rings. The maximum atomic E-state index is 5.68. The van der Waals surface area contributed by atoms with Crippen molar-refractivity contribution in [3.63, 3.8) is 0 Å². The molecule has 58 valence electrons. The molecule has 0 spiro atoms. The van der Waals surface area contributed by atoms with E-state index < -0.39 is 0 Å². The van der Waals surface area contributed by atoms with Gasteiger partial charge in [0.2, 0.25) is 0 Å². The van der Waals surface area contributed by atoms with E-state index in [1.807, 2.05) is 19.9 Å². The van der Waals surface area contributed by atoms with Crippen molar-refractivity contribution in [2.45, 2.75) is 13.8 Å². The molecule has 1 nitrogen and oxygen atoms in total. The Kier molecular flexibility index (Phi) is 2.30. The summed E-state index contributed by atoms with van der Waals surface area (Å²) in [5.41, 5.74) is 3.22. The Bertz CT molecular complexity index is 292. The third-order valence-corrected chi connectivity index (χ3v) is 1.74. The minimum Gasteiger partial charge on any atom is -0.244 e. The second-order valence-electron chi connectivity index (χ2n) is 2.60. The lowest BCUT2D eigenvalue weighted by molar-refractivity contribution is 1.26. The molecule has 0 bridgehead atoms. The molecule has 1 heterocycles. The molecule has 2 heteroatoms. The number of pyridine rings is 1. The van der Waals surface area contributed by atoms with Crippen molar-refractivity contribution in [3.05, 3.63) is 35.1 Å². The van der Waals surface area contributed by atoms with Crippen molar-refractivity contribution in [2.24, 2.45) is 0 Å². The van der Waals surface area contributed by atoms with Crippen LogP contribution in [0, 0.1) is 6.92 Å². The minimum atomic E-state index is 0.535. The molecule has 0 aliphatic rings. The van der Waals surface area contributed by atoms with Crippen molar-refractivity contribution in [2.75, 3.05) is 0 Å². The summed E-state index contributed by atoms with van der Waals surface area (Å²) in [5, 5.41) is 0.535. The van der Waals surface area contributed by atoms with Gasteiger partial charge in [-0.1, -0.05) is 18.2 Å². The van der Waals surface area contributed by atoms with Gasteiger partial charge in [-0.15, -0.1) is 0 Å². The van der Waals surface area contributed by atoms with E-state index in [9.17, 15) is 0 Å². The zero-order valence-corrected chi connectivity index (χ0v) is 7.44. The van der Waals surface area contributed by atoms with Crippen molar-refractivity contribution >= 4 is 17.2 Å². The minimum absolute atomic E-state index is 0.535. The maximum absolute atomic E-state index is 5.68. The van der Waals surface area contributed by atoms with Crippen LogP contribution in [0.15, 0.2) is 18.8 Å². The largest absolute Gasteiger partial charge is 0.244 e. The number of hydrogen-bond donors (Lipinski definition) is 0. The summed E-state index contributed by atoms with van der Waals surface area (Å²) < 4.78 is 0. The van der Waals surface area contributed by atoms with Crippen LogP contribution in [0.3, 0.4) is 0 Å². The van der Waals surface area contributed by atoms with E-state index in [4.69, 9.17) is 11.6 Å². The number of hydrogen-bond acceptors (Lipinski definition) is 1.